The van der Waals surface area contributed by atoms with Crippen molar-refractivity contribution in [1.29, 1.82) is 0 Å². The van der Waals surface area contributed by atoms with E-state index in [1.807, 2.05) is 0 Å². The van der Waals surface area contributed by atoms with Gasteiger partial charge in [0, 0.05) is 17.7 Å². The summed E-state index contributed by atoms with van der Waals surface area (Å²) in [5.41, 5.74) is 0.699. The average molecular weight is 397 g/mol. The molecule has 0 aromatic heterocycles. The molecule has 2 aromatic rings. The Labute approximate surface area is 163 Å². The van der Waals surface area contributed by atoms with Gasteiger partial charge in [-0.1, -0.05) is 0 Å². The Balaban J connectivity index is 1.68. The van der Waals surface area contributed by atoms with E-state index in [1.165, 1.54) is 36.4 Å². The van der Waals surface area contributed by atoms with Gasteiger partial charge in [-0.15, -0.1) is 0 Å². The number of carbonyl (C=O) groups is 2. The van der Waals surface area contributed by atoms with Crippen molar-refractivity contribution in [1.82, 2.24) is 10.2 Å². The Morgan fingerprint density at radius 3 is 2.61 bits per heavy atom. The van der Waals surface area contributed by atoms with Gasteiger partial charge in [0.25, 0.3) is 17.5 Å². The van der Waals surface area contributed by atoms with E-state index in [1.54, 1.807) is 12.1 Å². The van der Waals surface area contributed by atoms with E-state index in [0.29, 0.717) is 17.1 Å². The molecule has 1 N–H and O–H groups in total. The third kappa shape index (κ3) is 3.05. The van der Waals surface area contributed by atoms with E-state index in [9.17, 15) is 19.7 Å². The molecule has 0 radical (unpaired) electrons. The predicted octanol–water partition coefficient (Wildman–Crippen LogP) is 2.22. The number of benzene rings is 2. The van der Waals surface area contributed by atoms with Crippen LogP contribution in [-0.2, 0) is 4.79 Å². The molecule has 0 spiro atoms. The zero-order valence-electron chi connectivity index (χ0n) is 14.1. The Bertz CT molecular complexity index is 1060. The molecule has 4 rings (SSSR count). The summed E-state index contributed by atoms with van der Waals surface area (Å²) in [5, 5.41) is 13.1. The van der Waals surface area contributed by atoms with E-state index in [-0.39, 0.29) is 28.9 Å². The summed E-state index contributed by atoms with van der Waals surface area (Å²) < 4.78 is 10.5. The molecule has 9 nitrogen and oxygen atoms in total. The molecule has 2 aliphatic heterocycles. The molecule has 10 heteroatoms. The van der Waals surface area contributed by atoms with E-state index in [0.717, 1.165) is 4.90 Å². The highest BCUT2D eigenvalue weighted by molar-refractivity contribution is 7.80. The van der Waals surface area contributed by atoms with Gasteiger partial charge in [-0.3, -0.25) is 25.0 Å². The van der Waals surface area contributed by atoms with E-state index < -0.39 is 16.7 Å². The zero-order valence-corrected chi connectivity index (χ0v) is 14.9. The summed E-state index contributed by atoms with van der Waals surface area (Å²) >= 11 is 5.13. The third-order valence-electron chi connectivity index (χ3n) is 4.13. The number of non-ortho nitro benzene ring substituents is 1. The van der Waals surface area contributed by atoms with Gasteiger partial charge in [0.05, 0.1) is 4.92 Å². The number of hydrogen-bond donors (Lipinski definition) is 1. The number of fused-ring (bicyclic) bond motifs is 1. The van der Waals surface area contributed by atoms with Crippen molar-refractivity contribution in [3.05, 3.63) is 69.4 Å². The van der Waals surface area contributed by atoms with Crippen molar-refractivity contribution in [2.24, 2.45) is 0 Å². The van der Waals surface area contributed by atoms with Crippen LogP contribution in [0, 0.1) is 10.1 Å². The molecule has 0 aliphatic carbocycles. The van der Waals surface area contributed by atoms with Crippen LogP contribution in [0.5, 0.6) is 11.5 Å². The summed E-state index contributed by atoms with van der Waals surface area (Å²) in [6, 6.07) is 10.2. The molecule has 0 atom stereocenters. The van der Waals surface area contributed by atoms with Crippen LogP contribution in [0.3, 0.4) is 0 Å². The molecule has 0 unspecified atom stereocenters. The second kappa shape index (κ2) is 6.74. The minimum Gasteiger partial charge on any atom is -0.454 e. The summed E-state index contributed by atoms with van der Waals surface area (Å²) in [7, 11) is 0. The van der Waals surface area contributed by atoms with E-state index >= 15 is 0 Å². The number of rotatable bonds is 3. The van der Waals surface area contributed by atoms with Gasteiger partial charge < -0.3 is 9.47 Å². The average Bonchev–Trinajstić information content (AvgIpc) is 3.25. The maximum absolute atomic E-state index is 13.0. The maximum Gasteiger partial charge on any atom is 0.274 e. The first-order valence-corrected chi connectivity index (χ1v) is 8.40. The Morgan fingerprint density at radius 1 is 1.18 bits per heavy atom. The zero-order chi connectivity index (χ0) is 19.8. The molecule has 2 amide bonds. The number of thiocarbonyl (C=S) groups is 1. The number of ether oxygens (including phenoxy) is 2. The van der Waals surface area contributed by atoms with Crippen molar-refractivity contribution < 1.29 is 24.0 Å². The van der Waals surface area contributed by atoms with Gasteiger partial charge >= 0.3 is 0 Å². The van der Waals surface area contributed by atoms with Gasteiger partial charge in [-0.25, -0.2) is 4.90 Å². The number of nitrogens with zero attached hydrogens (tertiary/aromatic N) is 2. The van der Waals surface area contributed by atoms with Crippen LogP contribution in [0.2, 0.25) is 0 Å². The van der Waals surface area contributed by atoms with Crippen LogP contribution in [0.25, 0.3) is 6.08 Å². The lowest BCUT2D eigenvalue weighted by Crippen LogP contribution is -2.33. The highest BCUT2D eigenvalue weighted by Crippen LogP contribution is 2.33. The van der Waals surface area contributed by atoms with E-state index in [4.69, 9.17) is 21.7 Å². The van der Waals surface area contributed by atoms with Gasteiger partial charge in [-0.05, 0) is 54.2 Å². The number of nitro groups is 1. The van der Waals surface area contributed by atoms with Gasteiger partial charge in [0.2, 0.25) is 6.79 Å². The largest absolute Gasteiger partial charge is 0.454 e. The molecule has 140 valence electrons. The molecular formula is C18H11N3O6S. The van der Waals surface area contributed by atoms with Crippen LogP contribution in [0.4, 0.5) is 5.69 Å². The minimum atomic E-state index is -0.544. The number of hydrogen-bond acceptors (Lipinski definition) is 7. The number of nitrogens with one attached hydrogen (secondary N) is 1. The Hall–Kier alpha value is -3.79. The molecular weight excluding hydrogens is 386 g/mol. The van der Waals surface area contributed by atoms with Crippen LogP contribution in [-0.4, -0.2) is 33.5 Å². The molecule has 1 saturated heterocycles. The highest BCUT2D eigenvalue weighted by Gasteiger charge is 2.36. The van der Waals surface area contributed by atoms with Crippen molar-refractivity contribution in [3.8, 4) is 11.5 Å². The fourth-order valence-corrected chi connectivity index (χ4v) is 3.04. The normalized spacial score (nSPS) is 16.4. The van der Waals surface area contributed by atoms with Crippen LogP contribution >= 0.6 is 12.2 Å². The summed E-state index contributed by atoms with van der Waals surface area (Å²) in [6.07, 6.45) is 1.43. The first kappa shape index (κ1) is 17.6. The van der Waals surface area contributed by atoms with Crippen LogP contribution in [0.15, 0.2) is 48.2 Å². The minimum absolute atomic E-state index is 0.0153. The van der Waals surface area contributed by atoms with Crippen LogP contribution in [0.1, 0.15) is 15.9 Å². The Kier molecular flexibility index (Phi) is 4.24. The van der Waals surface area contributed by atoms with Gasteiger partial charge in [-0.2, -0.15) is 0 Å². The van der Waals surface area contributed by atoms with Crippen molar-refractivity contribution in [3.63, 3.8) is 0 Å². The number of carbonyl (C=O) groups excluding carboxylic acids is 2. The predicted molar refractivity (Wildman–Crippen MR) is 101 cm³/mol. The molecule has 2 aromatic carbocycles. The quantitative estimate of drug-likeness (QED) is 0.366. The lowest BCUT2D eigenvalue weighted by Gasteiger charge is -2.15. The summed E-state index contributed by atoms with van der Waals surface area (Å²) in [4.78, 5) is 36.6. The molecule has 0 saturated carbocycles. The van der Waals surface area contributed by atoms with Gasteiger partial charge in [0.15, 0.2) is 16.6 Å². The summed E-state index contributed by atoms with van der Waals surface area (Å²) in [6.45, 7) is 0.0699. The summed E-state index contributed by atoms with van der Waals surface area (Å²) in [5.74, 6) is -0.111. The number of amides is 2. The molecule has 2 aliphatic rings. The fourth-order valence-electron chi connectivity index (χ4n) is 2.77. The molecule has 0 bridgehead atoms. The van der Waals surface area contributed by atoms with Crippen LogP contribution < -0.4 is 14.8 Å². The molecule has 2 heterocycles. The second-order valence-corrected chi connectivity index (χ2v) is 6.23. The molecule has 28 heavy (non-hydrogen) atoms. The van der Waals surface area contributed by atoms with Crippen molar-refractivity contribution >= 4 is 40.9 Å². The smallest absolute Gasteiger partial charge is 0.274 e. The monoisotopic (exact) mass is 397 g/mol. The van der Waals surface area contributed by atoms with Crippen molar-refractivity contribution in [2.45, 2.75) is 0 Å². The van der Waals surface area contributed by atoms with Gasteiger partial charge in [0.1, 0.15) is 5.70 Å². The SMILES string of the molecule is O=C1NC(=S)N(C(=O)c2ccc3c(c2)OCO3)C1=Cc1ccc([N+](=O)[O-])cc1. The fraction of sp³-hybridized carbons (Fsp3) is 0.0556. The number of nitro benzene ring substituents is 1. The lowest BCUT2D eigenvalue weighted by atomic mass is 10.1. The first-order valence-electron chi connectivity index (χ1n) is 7.99. The van der Waals surface area contributed by atoms with E-state index in [2.05, 4.69) is 5.32 Å². The third-order valence-corrected chi connectivity index (χ3v) is 4.41. The molecule has 1 fully saturated rings. The Morgan fingerprint density at radius 2 is 1.89 bits per heavy atom. The topological polar surface area (TPSA) is 111 Å². The first-order chi connectivity index (χ1) is 13.4. The maximum atomic E-state index is 13.0. The second-order valence-electron chi connectivity index (χ2n) is 5.85. The van der Waals surface area contributed by atoms with Crippen molar-refractivity contribution in [2.75, 3.05) is 6.79 Å². The highest BCUT2D eigenvalue weighted by atomic mass is 32.1. The lowest BCUT2D eigenvalue weighted by molar-refractivity contribution is -0.384. The standard InChI is InChI=1S/C18H11N3O6S/c22-16-13(7-10-1-4-12(5-2-10)21(24)25)20(18(28)19-16)17(23)11-3-6-14-15(8-11)27-9-26-14/h1-8H,9H2,(H,19,22,28).